The SMILES string of the molecule is Cc1cc2c(cc1C)C(=O)N(CCCN(C)Cc1c(C)ccc3ccccc13)CC2.Cl. The van der Waals surface area contributed by atoms with Gasteiger partial charge >= 0.3 is 0 Å². The summed E-state index contributed by atoms with van der Waals surface area (Å²) in [6.07, 6.45) is 1.96. The van der Waals surface area contributed by atoms with Gasteiger partial charge in [0.2, 0.25) is 0 Å². The van der Waals surface area contributed by atoms with Crippen molar-refractivity contribution in [2.45, 2.75) is 40.2 Å². The first kappa shape index (κ1) is 23.3. The number of halogens is 1. The molecule has 0 spiro atoms. The van der Waals surface area contributed by atoms with Crippen molar-refractivity contribution in [3.8, 4) is 0 Å². The zero-order valence-electron chi connectivity index (χ0n) is 19.1. The molecule has 31 heavy (non-hydrogen) atoms. The van der Waals surface area contributed by atoms with E-state index in [0.717, 1.165) is 44.6 Å². The van der Waals surface area contributed by atoms with E-state index < -0.39 is 0 Å². The van der Waals surface area contributed by atoms with Crippen molar-refractivity contribution in [3.05, 3.63) is 81.9 Å². The first-order valence-corrected chi connectivity index (χ1v) is 11.0. The van der Waals surface area contributed by atoms with Crippen LogP contribution in [0, 0.1) is 20.8 Å². The van der Waals surface area contributed by atoms with Gasteiger partial charge in [-0.1, -0.05) is 42.5 Å². The molecule has 4 heteroatoms. The summed E-state index contributed by atoms with van der Waals surface area (Å²) in [5.41, 5.74) is 7.35. The fourth-order valence-corrected chi connectivity index (χ4v) is 4.56. The van der Waals surface area contributed by atoms with Crippen LogP contribution < -0.4 is 0 Å². The molecular weight excluding hydrogens is 404 g/mol. The Bertz CT molecular complexity index is 1090. The largest absolute Gasteiger partial charge is 0.338 e. The van der Waals surface area contributed by atoms with Crippen molar-refractivity contribution in [3.63, 3.8) is 0 Å². The van der Waals surface area contributed by atoms with Crippen LogP contribution in [0.5, 0.6) is 0 Å². The number of hydrogen-bond acceptors (Lipinski definition) is 2. The van der Waals surface area contributed by atoms with Crippen LogP contribution in [-0.2, 0) is 13.0 Å². The molecule has 1 amide bonds. The number of carbonyl (C=O) groups excluding carboxylic acids is 1. The molecule has 3 aromatic rings. The summed E-state index contributed by atoms with van der Waals surface area (Å²) in [4.78, 5) is 17.4. The number of aryl methyl sites for hydroxylation is 3. The van der Waals surface area contributed by atoms with Crippen molar-refractivity contribution < 1.29 is 4.79 Å². The molecule has 1 heterocycles. The molecule has 1 aliphatic heterocycles. The van der Waals surface area contributed by atoms with Gasteiger partial charge in [0.05, 0.1) is 0 Å². The molecule has 0 aromatic heterocycles. The molecule has 0 saturated carbocycles. The smallest absolute Gasteiger partial charge is 0.254 e. The van der Waals surface area contributed by atoms with Crippen molar-refractivity contribution in [2.75, 3.05) is 26.7 Å². The predicted octanol–water partition coefficient (Wildman–Crippen LogP) is 5.71. The maximum absolute atomic E-state index is 13.0. The van der Waals surface area contributed by atoms with Crippen molar-refractivity contribution in [2.24, 2.45) is 0 Å². The number of rotatable bonds is 6. The van der Waals surface area contributed by atoms with E-state index in [1.165, 1.54) is 38.6 Å². The van der Waals surface area contributed by atoms with E-state index in [4.69, 9.17) is 0 Å². The van der Waals surface area contributed by atoms with Crippen LogP contribution in [0.2, 0.25) is 0 Å². The number of fused-ring (bicyclic) bond motifs is 2. The summed E-state index contributed by atoms with van der Waals surface area (Å²) in [6.45, 7) is 9.98. The molecule has 0 N–H and O–H groups in total. The van der Waals surface area contributed by atoms with E-state index in [0.29, 0.717) is 0 Å². The molecule has 0 atom stereocenters. The number of amides is 1. The summed E-state index contributed by atoms with van der Waals surface area (Å²) >= 11 is 0. The maximum atomic E-state index is 13.0. The Balaban J connectivity index is 0.00000272. The number of hydrogen-bond donors (Lipinski definition) is 0. The summed E-state index contributed by atoms with van der Waals surface area (Å²) in [5.74, 6) is 0.201. The van der Waals surface area contributed by atoms with E-state index in [-0.39, 0.29) is 18.3 Å². The van der Waals surface area contributed by atoms with Crippen LogP contribution in [-0.4, -0.2) is 42.4 Å². The lowest BCUT2D eigenvalue weighted by atomic mass is 9.94. The van der Waals surface area contributed by atoms with Gasteiger partial charge in [-0.05, 0) is 91.9 Å². The molecule has 0 bridgehead atoms. The van der Waals surface area contributed by atoms with Crippen LogP contribution in [0.25, 0.3) is 10.8 Å². The normalized spacial score (nSPS) is 13.5. The molecule has 164 valence electrons. The fraction of sp³-hybridized carbons (Fsp3) is 0.370. The standard InChI is InChI=1S/C27H32N2O.ClH/c1-19-10-11-22-8-5-6-9-24(22)26(19)18-28(4)13-7-14-29-15-12-23-16-20(2)21(3)17-25(23)27(29)30;/h5-6,8-11,16-17H,7,12-15,18H2,1-4H3;1H. The zero-order valence-corrected chi connectivity index (χ0v) is 19.9. The second-order valence-electron chi connectivity index (χ2n) is 8.81. The van der Waals surface area contributed by atoms with Gasteiger partial charge in [0.25, 0.3) is 5.91 Å². The molecule has 3 nitrogen and oxygen atoms in total. The van der Waals surface area contributed by atoms with E-state index in [1.54, 1.807) is 0 Å². The molecule has 0 saturated heterocycles. The third-order valence-corrected chi connectivity index (χ3v) is 6.56. The molecular formula is C27H33ClN2O. The second kappa shape index (κ2) is 9.84. The topological polar surface area (TPSA) is 23.6 Å². The molecule has 0 radical (unpaired) electrons. The Kier molecular flexibility index (Phi) is 7.40. The lowest BCUT2D eigenvalue weighted by molar-refractivity contribution is 0.0732. The van der Waals surface area contributed by atoms with Gasteiger partial charge in [0.15, 0.2) is 0 Å². The molecule has 0 unspecified atom stereocenters. The monoisotopic (exact) mass is 436 g/mol. The number of carbonyl (C=O) groups is 1. The van der Waals surface area contributed by atoms with Gasteiger partial charge in [-0.2, -0.15) is 0 Å². The Hall–Kier alpha value is -2.36. The fourth-order valence-electron chi connectivity index (χ4n) is 4.56. The van der Waals surface area contributed by atoms with Gasteiger partial charge in [0.1, 0.15) is 0 Å². The lowest BCUT2D eigenvalue weighted by Gasteiger charge is -2.30. The Morgan fingerprint density at radius 2 is 1.71 bits per heavy atom. The van der Waals surface area contributed by atoms with E-state index >= 15 is 0 Å². The molecule has 1 aliphatic rings. The van der Waals surface area contributed by atoms with Crippen LogP contribution in [0.3, 0.4) is 0 Å². The van der Waals surface area contributed by atoms with Crippen LogP contribution in [0.4, 0.5) is 0 Å². The second-order valence-corrected chi connectivity index (χ2v) is 8.81. The Morgan fingerprint density at radius 1 is 0.968 bits per heavy atom. The minimum absolute atomic E-state index is 0. The minimum Gasteiger partial charge on any atom is -0.338 e. The number of benzene rings is 3. The maximum Gasteiger partial charge on any atom is 0.254 e. The highest BCUT2D eigenvalue weighted by molar-refractivity contribution is 5.97. The third-order valence-electron chi connectivity index (χ3n) is 6.56. The zero-order chi connectivity index (χ0) is 21.3. The highest BCUT2D eigenvalue weighted by atomic mass is 35.5. The Labute approximate surface area is 192 Å². The molecule has 3 aromatic carbocycles. The van der Waals surface area contributed by atoms with Gasteiger partial charge in [0, 0.05) is 25.2 Å². The first-order valence-electron chi connectivity index (χ1n) is 11.0. The van der Waals surface area contributed by atoms with Crippen molar-refractivity contribution in [1.82, 2.24) is 9.80 Å². The van der Waals surface area contributed by atoms with Crippen molar-refractivity contribution >= 4 is 29.1 Å². The van der Waals surface area contributed by atoms with Crippen molar-refractivity contribution in [1.29, 1.82) is 0 Å². The van der Waals surface area contributed by atoms with Gasteiger partial charge in [-0.25, -0.2) is 0 Å². The summed E-state index contributed by atoms with van der Waals surface area (Å²) < 4.78 is 0. The average molecular weight is 437 g/mol. The van der Waals surface area contributed by atoms with Gasteiger partial charge in [-0.3, -0.25) is 4.79 Å². The van der Waals surface area contributed by atoms with Crippen LogP contribution in [0.15, 0.2) is 48.5 Å². The predicted molar refractivity (Wildman–Crippen MR) is 132 cm³/mol. The lowest BCUT2D eigenvalue weighted by Crippen LogP contribution is -2.39. The van der Waals surface area contributed by atoms with E-state index in [1.807, 2.05) is 4.90 Å². The van der Waals surface area contributed by atoms with Gasteiger partial charge < -0.3 is 9.80 Å². The number of nitrogens with zero attached hydrogens (tertiary/aromatic N) is 2. The quantitative estimate of drug-likeness (QED) is 0.494. The first-order chi connectivity index (χ1) is 14.4. The minimum atomic E-state index is 0. The summed E-state index contributed by atoms with van der Waals surface area (Å²) in [5, 5.41) is 2.65. The highest BCUT2D eigenvalue weighted by Gasteiger charge is 2.24. The third kappa shape index (κ3) is 4.94. The molecule has 0 aliphatic carbocycles. The van der Waals surface area contributed by atoms with Crippen LogP contribution >= 0.6 is 12.4 Å². The molecule has 0 fully saturated rings. The van der Waals surface area contributed by atoms with E-state index in [9.17, 15) is 4.79 Å². The molecule has 4 rings (SSSR count). The van der Waals surface area contributed by atoms with Gasteiger partial charge in [-0.15, -0.1) is 12.4 Å². The van der Waals surface area contributed by atoms with Crippen LogP contribution in [0.1, 0.15) is 44.6 Å². The summed E-state index contributed by atoms with van der Waals surface area (Å²) in [7, 11) is 2.18. The van der Waals surface area contributed by atoms with E-state index in [2.05, 4.69) is 81.2 Å². The highest BCUT2D eigenvalue weighted by Crippen LogP contribution is 2.24. The average Bonchev–Trinajstić information content (AvgIpc) is 2.73. The Morgan fingerprint density at radius 3 is 2.52 bits per heavy atom. The summed E-state index contributed by atoms with van der Waals surface area (Å²) in [6, 6.07) is 17.3.